The molecular weight excluding hydrogens is 463 g/mol. The lowest BCUT2D eigenvalue weighted by Crippen LogP contribution is -2.44. The minimum absolute atomic E-state index is 0.0842. The number of carbonyl (C=O) groups excluding carboxylic acids is 2. The SMILES string of the molecule is COc1ccc(CCC(=O)N2CCCN(C(C)C(=O)Nc3ccc(OC(F)(F)F)cc3)CC2)cc1. The smallest absolute Gasteiger partial charge is 0.497 e. The van der Waals surface area contributed by atoms with Crippen molar-refractivity contribution in [3.8, 4) is 11.5 Å². The second-order valence-corrected chi connectivity index (χ2v) is 8.36. The zero-order valence-electron chi connectivity index (χ0n) is 19.8. The summed E-state index contributed by atoms with van der Waals surface area (Å²) in [6, 6.07) is 12.2. The van der Waals surface area contributed by atoms with Gasteiger partial charge in [-0.05, 0) is 61.7 Å². The molecule has 2 aromatic carbocycles. The summed E-state index contributed by atoms with van der Waals surface area (Å²) >= 11 is 0. The molecule has 1 unspecified atom stereocenters. The third-order valence-corrected chi connectivity index (χ3v) is 5.95. The Hall–Kier alpha value is -3.27. The quantitative estimate of drug-likeness (QED) is 0.600. The van der Waals surface area contributed by atoms with Crippen LogP contribution in [0.15, 0.2) is 48.5 Å². The number of methoxy groups -OCH3 is 1. The maximum absolute atomic E-state index is 12.7. The van der Waals surface area contributed by atoms with Crippen molar-refractivity contribution >= 4 is 17.5 Å². The van der Waals surface area contributed by atoms with Crippen LogP contribution in [0.2, 0.25) is 0 Å². The number of nitrogens with zero attached hydrogens (tertiary/aromatic N) is 2. The Morgan fingerprint density at radius 1 is 0.971 bits per heavy atom. The van der Waals surface area contributed by atoms with Crippen LogP contribution < -0.4 is 14.8 Å². The van der Waals surface area contributed by atoms with Crippen molar-refractivity contribution in [3.63, 3.8) is 0 Å². The summed E-state index contributed by atoms with van der Waals surface area (Å²) in [4.78, 5) is 29.3. The van der Waals surface area contributed by atoms with Gasteiger partial charge in [-0.25, -0.2) is 0 Å². The summed E-state index contributed by atoms with van der Waals surface area (Å²) in [5.41, 5.74) is 1.44. The lowest BCUT2D eigenvalue weighted by atomic mass is 10.1. The summed E-state index contributed by atoms with van der Waals surface area (Å²) in [5, 5.41) is 2.72. The number of nitrogens with one attached hydrogen (secondary N) is 1. The molecule has 0 saturated carbocycles. The minimum atomic E-state index is -4.77. The topological polar surface area (TPSA) is 71.1 Å². The molecule has 10 heteroatoms. The van der Waals surface area contributed by atoms with Crippen molar-refractivity contribution in [2.45, 2.75) is 38.6 Å². The monoisotopic (exact) mass is 493 g/mol. The first-order valence-electron chi connectivity index (χ1n) is 11.5. The van der Waals surface area contributed by atoms with Crippen LogP contribution in [-0.4, -0.2) is 67.3 Å². The first-order valence-corrected chi connectivity index (χ1v) is 11.5. The van der Waals surface area contributed by atoms with Crippen molar-refractivity contribution in [2.75, 3.05) is 38.6 Å². The summed E-state index contributed by atoms with van der Waals surface area (Å²) < 4.78 is 45.9. The van der Waals surface area contributed by atoms with Crippen molar-refractivity contribution in [1.82, 2.24) is 9.80 Å². The summed E-state index contributed by atoms with van der Waals surface area (Å²) in [6.07, 6.45) is -2.96. The highest BCUT2D eigenvalue weighted by molar-refractivity contribution is 5.94. The number of anilines is 1. The Morgan fingerprint density at radius 2 is 1.63 bits per heavy atom. The highest BCUT2D eigenvalue weighted by atomic mass is 19.4. The predicted molar refractivity (Wildman–Crippen MR) is 125 cm³/mol. The van der Waals surface area contributed by atoms with Crippen LogP contribution in [-0.2, 0) is 16.0 Å². The molecule has 1 atom stereocenters. The number of carbonyl (C=O) groups is 2. The molecule has 3 rings (SSSR count). The Bertz CT molecular complexity index is 981. The molecule has 1 aliphatic heterocycles. The van der Waals surface area contributed by atoms with Gasteiger partial charge in [0, 0.05) is 38.3 Å². The van der Waals surface area contributed by atoms with E-state index < -0.39 is 12.4 Å². The fourth-order valence-corrected chi connectivity index (χ4v) is 3.93. The number of benzene rings is 2. The van der Waals surface area contributed by atoms with E-state index in [9.17, 15) is 22.8 Å². The molecule has 1 saturated heterocycles. The van der Waals surface area contributed by atoms with Crippen LogP contribution >= 0.6 is 0 Å². The van der Waals surface area contributed by atoms with Gasteiger partial charge in [-0.2, -0.15) is 0 Å². The largest absolute Gasteiger partial charge is 0.573 e. The van der Waals surface area contributed by atoms with E-state index in [1.165, 1.54) is 12.1 Å². The van der Waals surface area contributed by atoms with Crippen LogP contribution in [0, 0.1) is 0 Å². The summed E-state index contributed by atoms with van der Waals surface area (Å²) in [6.45, 7) is 4.16. The summed E-state index contributed by atoms with van der Waals surface area (Å²) in [7, 11) is 1.61. The van der Waals surface area contributed by atoms with Crippen molar-refractivity contribution < 1.29 is 32.2 Å². The van der Waals surface area contributed by atoms with Crippen LogP contribution in [0.4, 0.5) is 18.9 Å². The van der Waals surface area contributed by atoms with E-state index in [0.29, 0.717) is 44.7 Å². The average molecular weight is 494 g/mol. The van der Waals surface area contributed by atoms with E-state index in [1.807, 2.05) is 34.1 Å². The zero-order valence-corrected chi connectivity index (χ0v) is 19.8. The number of ether oxygens (including phenoxy) is 2. The average Bonchev–Trinajstić information content (AvgIpc) is 3.09. The van der Waals surface area contributed by atoms with Gasteiger partial charge >= 0.3 is 6.36 Å². The van der Waals surface area contributed by atoms with E-state index in [-0.39, 0.29) is 17.6 Å². The number of rotatable bonds is 8. The minimum Gasteiger partial charge on any atom is -0.497 e. The molecule has 0 bridgehead atoms. The maximum atomic E-state index is 12.7. The van der Waals surface area contributed by atoms with Crippen LogP contribution in [0.3, 0.4) is 0 Å². The molecule has 0 spiro atoms. The molecule has 2 aromatic rings. The fourth-order valence-electron chi connectivity index (χ4n) is 3.93. The van der Waals surface area contributed by atoms with Gasteiger partial charge in [0.1, 0.15) is 11.5 Å². The van der Waals surface area contributed by atoms with Crippen LogP contribution in [0.25, 0.3) is 0 Å². The van der Waals surface area contributed by atoms with E-state index in [0.717, 1.165) is 29.9 Å². The molecule has 1 N–H and O–H groups in total. The van der Waals surface area contributed by atoms with Gasteiger partial charge in [-0.3, -0.25) is 14.5 Å². The molecule has 0 aliphatic carbocycles. The molecule has 0 aromatic heterocycles. The normalized spacial score (nSPS) is 15.7. The molecule has 1 fully saturated rings. The number of halogens is 3. The lowest BCUT2D eigenvalue weighted by molar-refractivity contribution is -0.274. The second-order valence-electron chi connectivity index (χ2n) is 8.36. The highest BCUT2D eigenvalue weighted by Crippen LogP contribution is 2.24. The molecule has 0 radical (unpaired) electrons. The van der Waals surface area contributed by atoms with Gasteiger partial charge in [-0.15, -0.1) is 13.2 Å². The van der Waals surface area contributed by atoms with Crippen LogP contribution in [0.1, 0.15) is 25.3 Å². The standard InChI is InChI=1S/C25H30F3N3O4/c1-18(24(33)29-20-7-11-22(12-8-20)35-25(26,27)28)30-14-3-15-31(17-16-30)23(32)13-6-19-4-9-21(34-2)10-5-19/h4-5,7-12,18H,3,6,13-17H2,1-2H3,(H,29,33). The predicted octanol–water partition coefficient (Wildman–Crippen LogP) is 4.09. The van der Waals surface area contributed by atoms with Crippen LogP contribution in [0.5, 0.6) is 11.5 Å². The number of alkyl halides is 3. The number of aryl methyl sites for hydroxylation is 1. The number of hydrogen-bond donors (Lipinski definition) is 1. The first-order chi connectivity index (χ1) is 16.6. The van der Waals surface area contributed by atoms with Crippen molar-refractivity contribution in [1.29, 1.82) is 0 Å². The third-order valence-electron chi connectivity index (χ3n) is 5.95. The molecule has 35 heavy (non-hydrogen) atoms. The third kappa shape index (κ3) is 8.17. The Morgan fingerprint density at radius 3 is 2.26 bits per heavy atom. The fraction of sp³-hybridized carbons (Fsp3) is 0.440. The van der Waals surface area contributed by atoms with Crippen molar-refractivity contribution in [3.05, 3.63) is 54.1 Å². The van der Waals surface area contributed by atoms with Gasteiger partial charge in [0.25, 0.3) is 0 Å². The highest BCUT2D eigenvalue weighted by Gasteiger charge is 2.31. The van der Waals surface area contributed by atoms with Gasteiger partial charge < -0.3 is 19.7 Å². The molecule has 2 amide bonds. The van der Waals surface area contributed by atoms with Crippen molar-refractivity contribution in [2.24, 2.45) is 0 Å². The molecule has 190 valence electrons. The Kier molecular flexibility index (Phi) is 8.97. The number of amides is 2. The van der Waals surface area contributed by atoms with Gasteiger partial charge in [-0.1, -0.05) is 12.1 Å². The summed E-state index contributed by atoms with van der Waals surface area (Å²) in [5.74, 6) is 0.237. The van der Waals surface area contributed by atoms with E-state index >= 15 is 0 Å². The van der Waals surface area contributed by atoms with E-state index in [4.69, 9.17) is 4.74 Å². The van der Waals surface area contributed by atoms with Gasteiger partial charge in [0.05, 0.1) is 13.2 Å². The van der Waals surface area contributed by atoms with E-state index in [2.05, 4.69) is 10.1 Å². The number of hydrogen-bond acceptors (Lipinski definition) is 5. The Labute approximate surface area is 202 Å². The lowest BCUT2D eigenvalue weighted by Gasteiger charge is -2.27. The van der Waals surface area contributed by atoms with E-state index in [1.54, 1.807) is 14.0 Å². The molecule has 1 aliphatic rings. The van der Waals surface area contributed by atoms with Gasteiger partial charge in [0.2, 0.25) is 11.8 Å². The van der Waals surface area contributed by atoms with Gasteiger partial charge in [0.15, 0.2) is 0 Å². The zero-order chi connectivity index (χ0) is 25.4. The molecule has 1 heterocycles. The molecular formula is C25H30F3N3O4. The molecule has 7 nitrogen and oxygen atoms in total. The second kappa shape index (κ2) is 11.9. The first kappa shape index (κ1) is 26.3. The maximum Gasteiger partial charge on any atom is 0.573 e. The Balaban J connectivity index is 1.46.